The number of anilines is 1. The number of nitrogen functional groups attached to an aromatic ring is 1. The molecule has 2 N–H and O–H groups in total. The second-order valence-electron chi connectivity index (χ2n) is 2.83. The third-order valence-corrected chi connectivity index (χ3v) is 1.80. The minimum Gasteiger partial charge on any atom is -0.381 e. The van der Waals surface area contributed by atoms with E-state index in [4.69, 9.17) is 5.73 Å². The van der Waals surface area contributed by atoms with Crippen molar-refractivity contribution in [2.24, 2.45) is 0 Å². The zero-order chi connectivity index (χ0) is 10.8. The van der Waals surface area contributed by atoms with Crippen molar-refractivity contribution in [1.82, 2.24) is 15.0 Å². The normalized spacial score (nSPS) is 10.1. The number of nitrogens with zero attached hydrogens (tertiary/aromatic N) is 4. The molecule has 0 fully saturated rings. The van der Waals surface area contributed by atoms with Crippen LogP contribution in [0.15, 0.2) is 30.5 Å². The molecule has 0 aliphatic carbocycles. The van der Waals surface area contributed by atoms with Gasteiger partial charge in [-0.15, -0.1) is 9.90 Å². The zero-order valence-corrected chi connectivity index (χ0v) is 7.57. The minimum absolute atomic E-state index is 0.0267. The Labute approximate surface area is 84.3 Å². The molecule has 1 heterocycles. The van der Waals surface area contributed by atoms with Gasteiger partial charge in [-0.2, -0.15) is 5.10 Å². The molecule has 7 heteroatoms. The Bertz CT molecular complexity index is 490. The van der Waals surface area contributed by atoms with E-state index in [9.17, 15) is 10.1 Å². The topological polar surface area (TPSA) is 99.9 Å². The molecule has 0 amide bonds. The Kier molecular flexibility index (Phi) is 2.05. The standard InChI is InChI=1S/C8H7N5O2/c9-8-5-10-12(11-8)6-1-3-7(4-2-6)13(14)15/h1-5H,(H2,9,11). The van der Waals surface area contributed by atoms with Crippen LogP contribution in [0.5, 0.6) is 0 Å². The summed E-state index contributed by atoms with van der Waals surface area (Å²) in [4.78, 5) is 11.2. The van der Waals surface area contributed by atoms with Crippen molar-refractivity contribution in [3.8, 4) is 5.69 Å². The molecule has 1 aromatic heterocycles. The van der Waals surface area contributed by atoms with Crippen LogP contribution < -0.4 is 5.73 Å². The molecule has 0 radical (unpaired) electrons. The molecule has 7 nitrogen and oxygen atoms in total. The molecule has 0 unspecified atom stereocenters. The maximum absolute atomic E-state index is 10.4. The SMILES string of the molecule is Nc1cnn(-c2ccc([N+](=O)[O-])cc2)n1. The lowest BCUT2D eigenvalue weighted by Crippen LogP contribution is -1.99. The van der Waals surface area contributed by atoms with Crippen molar-refractivity contribution in [1.29, 1.82) is 0 Å². The summed E-state index contributed by atoms with van der Waals surface area (Å²) < 4.78 is 0. The lowest BCUT2D eigenvalue weighted by atomic mass is 10.3. The van der Waals surface area contributed by atoms with E-state index in [1.54, 1.807) is 12.1 Å². The number of nitro benzene ring substituents is 1. The van der Waals surface area contributed by atoms with E-state index in [-0.39, 0.29) is 5.69 Å². The van der Waals surface area contributed by atoms with Gasteiger partial charge in [-0.05, 0) is 12.1 Å². The van der Waals surface area contributed by atoms with Crippen molar-refractivity contribution in [2.75, 3.05) is 5.73 Å². The van der Waals surface area contributed by atoms with Gasteiger partial charge in [0.25, 0.3) is 5.69 Å². The molecule has 0 bridgehead atoms. The summed E-state index contributed by atoms with van der Waals surface area (Å²) in [5.74, 6) is 0.299. The highest BCUT2D eigenvalue weighted by molar-refractivity contribution is 5.40. The molecule has 15 heavy (non-hydrogen) atoms. The number of hydrogen-bond acceptors (Lipinski definition) is 5. The quantitative estimate of drug-likeness (QED) is 0.576. The fourth-order valence-corrected chi connectivity index (χ4v) is 1.11. The van der Waals surface area contributed by atoms with Crippen LogP contribution in [0.2, 0.25) is 0 Å². The van der Waals surface area contributed by atoms with E-state index in [1.165, 1.54) is 23.1 Å². The van der Waals surface area contributed by atoms with Crippen LogP contribution in [0.4, 0.5) is 11.5 Å². The monoisotopic (exact) mass is 205 g/mol. The molecular formula is C8H7N5O2. The summed E-state index contributed by atoms with van der Waals surface area (Å²) in [6.45, 7) is 0. The van der Waals surface area contributed by atoms with Gasteiger partial charge in [0.15, 0.2) is 5.82 Å². The molecule has 0 saturated carbocycles. The third kappa shape index (κ3) is 1.75. The summed E-state index contributed by atoms with van der Waals surface area (Å²) >= 11 is 0. The predicted octanol–water partition coefficient (Wildman–Crippen LogP) is 0.758. The van der Waals surface area contributed by atoms with Crippen LogP contribution in [-0.4, -0.2) is 19.9 Å². The summed E-state index contributed by atoms with van der Waals surface area (Å²) in [7, 11) is 0. The number of nitro groups is 1. The summed E-state index contributed by atoms with van der Waals surface area (Å²) in [5, 5.41) is 18.1. The number of nitrogens with two attached hydrogens (primary N) is 1. The van der Waals surface area contributed by atoms with Crippen molar-refractivity contribution < 1.29 is 4.92 Å². The van der Waals surface area contributed by atoms with Gasteiger partial charge >= 0.3 is 0 Å². The van der Waals surface area contributed by atoms with E-state index >= 15 is 0 Å². The van der Waals surface area contributed by atoms with E-state index in [1.807, 2.05) is 0 Å². The predicted molar refractivity (Wildman–Crippen MR) is 52.4 cm³/mol. The maximum atomic E-state index is 10.4. The van der Waals surface area contributed by atoms with Crippen LogP contribution in [0, 0.1) is 10.1 Å². The molecule has 0 saturated heterocycles. The lowest BCUT2D eigenvalue weighted by Gasteiger charge is -1.97. The van der Waals surface area contributed by atoms with E-state index in [2.05, 4.69) is 10.2 Å². The van der Waals surface area contributed by atoms with E-state index in [0.29, 0.717) is 11.5 Å². The van der Waals surface area contributed by atoms with Gasteiger partial charge in [0.05, 0.1) is 16.8 Å². The van der Waals surface area contributed by atoms with Crippen molar-refractivity contribution in [3.05, 3.63) is 40.6 Å². The van der Waals surface area contributed by atoms with Crippen molar-refractivity contribution in [3.63, 3.8) is 0 Å². The van der Waals surface area contributed by atoms with Crippen LogP contribution in [0.25, 0.3) is 5.69 Å². The van der Waals surface area contributed by atoms with Gasteiger partial charge in [0.2, 0.25) is 0 Å². The van der Waals surface area contributed by atoms with Crippen LogP contribution in [-0.2, 0) is 0 Å². The highest BCUT2D eigenvalue weighted by Gasteiger charge is 2.05. The fourth-order valence-electron chi connectivity index (χ4n) is 1.11. The van der Waals surface area contributed by atoms with Crippen LogP contribution >= 0.6 is 0 Å². The Balaban J connectivity index is 2.35. The van der Waals surface area contributed by atoms with Gasteiger partial charge in [-0.1, -0.05) is 0 Å². The average Bonchev–Trinajstić information content (AvgIpc) is 2.65. The molecule has 0 aliphatic heterocycles. The number of benzene rings is 1. The first-order valence-electron chi connectivity index (χ1n) is 4.09. The Hall–Kier alpha value is -2.44. The first-order chi connectivity index (χ1) is 7.16. The Morgan fingerprint density at radius 1 is 1.33 bits per heavy atom. The fraction of sp³-hybridized carbons (Fsp3) is 0. The number of rotatable bonds is 2. The van der Waals surface area contributed by atoms with Crippen LogP contribution in [0.1, 0.15) is 0 Å². The van der Waals surface area contributed by atoms with Crippen LogP contribution in [0.3, 0.4) is 0 Å². The molecule has 0 spiro atoms. The molecule has 76 valence electrons. The smallest absolute Gasteiger partial charge is 0.269 e. The second kappa shape index (κ2) is 3.37. The summed E-state index contributed by atoms with van der Waals surface area (Å²) in [6, 6.07) is 5.87. The van der Waals surface area contributed by atoms with Gasteiger partial charge < -0.3 is 5.73 Å². The summed E-state index contributed by atoms with van der Waals surface area (Å²) in [5.41, 5.74) is 6.04. The Morgan fingerprint density at radius 3 is 2.47 bits per heavy atom. The highest BCUT2D eigenvalue weighted by atomic mass is 16.6. The van der Waals surface area contributed by atoms with E-state index < -0.39 is 4.92 Å². The van der Waals surface area contributed by atoms with Gasteiger partial charge in [-0.25, -0.2) is 0 Å². The third-order valence-electron chi connectivity index (χ3n) is 1.80. The zero-order valence-electron chi connectivity index (χ0n) is 7.57. The second-order valence-corrected chi connectivity index (χ2v) is 2.83. The number of hydrogen-bond donors (Lipinski definition) is 1. The van der Waals surface area contributed by atoms with Gasteiger partial charge in [-0.3, -0.25) is 10.1 Å². The molecule has 0 aliphatic rings. The molecule has 2 rings (SSSR count). The van der Waals surface area contributed by atoms with Crippen molar-refractivity contribution in [2.45, 2.75) is 0 Å². The highest BCUT2D eigenvalue weighted by Crippen LogP contribution is 2.13. The minimum atomic E-state index is -0.464. The lowest BCUT2D eigenvalue weighted by molar-refractivity contribution is -0.384. The number of aromatic nitrogens is 3. The molecule has 2 aromatic rings. The van der Waals surface area contributed by atoms with Crippen molar-refractivity contribution >= 4 is 11.5 Å². The van der Waals surface area contributed by atoms with Gasteiger partial charge in [0, 0.05) is 12.1 Å². The first kappa shape index (κ1) is 9.13. The number of non-ortho nitro benzene ring substituents is 1. The summed E-state index contributed by atoms with van der Waals surface area (Å²) in [6.07, 6.45) is 1.40. The molecule has 0 atom stereocenters. The van der Waals surface area contributed by atoms with E-state index in [0.717, 1.165) is 0 Å². The van der Waals surface area contributed by atoms with Gasteiger partial charge in [0.1, 0.15) is 0 Å². The Morgan fingerprint density at radius 2 is 2.00 bits per heavy atom. The average molecular weight is 205 g/mol. The molecule has 1 aromatic carbocycles. The first-order valence-corrected chi connectivity index (χ1v) is 4.09. The largest absolute Gasteiger partial charge is 0.381 e. The molecular weight excluding hydrogens is 198 g/mol. The maximum Gasteiger partial charge on any atom is 0.269 e.